The van der Waals surface area contributed by atoms with Crippen molar-refractivity contribution in [2.45, 2.75) is 32.4 Å². The lowest BCUT2D eigenvalue weighted by molar-refractivity contribution is -0.698. The van der Waals surface area contributed by atoms with E-state index in [1.54, 1.807) is 32.7 Å². The van der Waals surface area contributed by atoms with Crippen molar-refractivity contribution in [3.8, 4) is 0 Å². The fourth-order valence-electron chi connectivity index (χ4n) is 1.76. The molecule has 17 heavy (non-hydrogen) atoms. The van der Waals surface area contributed by atoms with E-state index in [2.05, 4.69) is 22.4 Å². The van der Waals surface area contributed by atoms with Gasteiger partial charge < -0.3 is 13.3 Å². The second-order valence-electron chi connectivity index (χ2n) is 3.95. The summed E-state index contributed by atoms with van der Waals surface area (Å²) in [6, 6.07) is 0.875. The minimum atomic E-state index is -2.36. The molecule has 6 heteroatoms. The Labute approximate surface area is 109 Å². The third kappa shape index (κ3) is 4.15. The summed E-state index contributed by atoms with van der Waals surface area (Å²) in [7, 11) is 2.63. The third-order valence-corrected chi connectivity index (χ3v) is 6.63. The predicted octanol–water partition coefficient (Wildman–Crippen LogP) is 2.00. The van der Waals surface area contributed by atoms with Crippen LogP contribution in [0.3, 0.4) is 0 Å². The van der Waals surface area contributed by atoms with Crippen molar-refractivity contribution in [2.24, 2.45) is 0 Å². The molecule has 1 aromatic rings. The Bertz CT molecular complexity index is 320. The lowest BCUT2D eigenvalue weighted by Crippen LogP contribution is -2.42. The zero-order chi connectivity index (χ0) is 12.7. The van der Waals surface area contributed by atoms with Crippen molar-refractivity contribution in [2.75, 3.05) is 21.3 Å². The Morgan fingerprint density at radius 2 is 1.82 bits per heavy atom. The summed E-state index contributed by atoms with van der Waals surface area (Å²) >= 11 is 1.74. The van der Waals surface area contributed by atoms with Gasteiger partial charge in [0.15, 0.2) is 5.69 Å². The molecule has 0 aliphatic carbocycles. The number of hydrogen-bond donors (Lipinski definition) is 0. The molecule has 0 aromatic carbocycles. The molecule has 0 N–H and O–H groups in total. The summed E-state index contributed by atoms with van der Waals surface area (Å²) in [5.41, 5.74) is 3.48. The molecule has 0 unspecified atom stereocenters. The van der Waals surface area contributed by atoms with Gasteiger partial charge in [0.25, 0.3) is 0 Å². The lowest BCUT2D eigenvalue weighted by Gasteiger charge is -2.23. The number of thiazole rings is 1. The van der Waals surface area contributed by atoms with Crippen LogP contribution in [-0.4, -0.2) is 30.1 Å². The number of aryl methyl sites for hydroxylation is 2. The average molecular weight is 276 g/mol. The monoisotopic (exact) mass is 276 g/mol. The highest BCUT2D eigenvalue weighted by molar-refractivity contribution is 7.07. The molecule has 0 fully saturated rings. The molecule has 0 spiro atoms. The van der Waals surface area contributed by atoms with E-state index < -0.39 is 8.80 Å². The number of unbranched alkanes of at least 4 members (excludes halogenated alkanes) is 1. The average Bonchev–Trinajstić information content (AvgIpc) is 2.76. The SMILES string of the molecule is CO[Si](CCCC[n+]1cscc1C)(OC)OC. The predicted molar refractivity (Wildman–Crippen MR) is 70.1 cm³/mol. The van der Waals surface area contributed by atoms with Crippen molar-refractivity contribution in [3.05, 3.63) is 16.6 Å². The van der Waals surface area contributed by atoms with Crippen molar-refractivity contribution >= 4 is 20.1 Å². The highest BCUT2D eigenvalue weighted by Gasteiger charge is 2.36. The van der Waals surface area contributed by atoms with Crippen LogP contribution in [0.2, 0.25) is 6.04 Å². The molecule has 0 atom stereocenters. The Morgan fingerprint density at radius 3 is 2.29 bits per heavy atom. The zero-order valence-corrected chi connectivity index (χ0v) is 12.9. The summed E-state index contributed by atoms with van der Waals surface area (Å²) in [6.45, 7) is 3.19. The smallest absolute Gasteiger partial charge is 0.377 e. The summed E-state index contributed by atoms with van der Waals surface area (Å²) in [5.74, 6) is 0. The maximum atomic E-state index is 5.39. The van der Waals surface area contributed by atoms with Gasteiger partial charge in [-0.15, -0.1) is 0 Å². The molecular weight excluding hydrogens is 254 g/mol. The molecular formula is C11H22NO3SSi+. The van der Waals surface area contributed by atoms with Gasteiger partial charge in [0.1, 0.15) is 6.54 Å². The molecule has 0 amide bonds. The highest BCUT2D eigenvalue weighted by atomic mass is 32.1. The molecule has 1 aromatic heterocycles. The second-order valence-corrected chi connectivity index (χ2v) is 7.76. The van der Waals surface area contributed by atoms with Crippen LogP contribution in [0, 0.1) is 6.92 Å². The summed E-state index contributed by atoms with van der Waals surface area (Å²) in [5, 5.41) is 2.17. The van der Waals surface area contributed by atoms with Gasteiger partial charge in [-0.05, 0) is 6.42 Å². The van der Waals surface area contributed by atoms with Gasteiger partial charge >= 0.3 is 8.80 Å². The highest BCUT2D eigenvalue weighted by Crippen LogP contribution is 2.16. The topological polar surface area (TPSA) is 31.6 Å². The van der Waals surface area contributed by atoms with Crippen LogP contribution in [0.5, 0.6) is 0 Å². The normalized spacial score (nSPS) is 12.0. The van der Waals surface area contributed by atoms with Crippen LogP contribution in [0.1, 0.15) is 18.5 Å². The van der Waals surface area contributed by atoms with E-state index in [4.69, 9.17) is 13.3 Å². The summed E-state index contributed by atoms with van der Waals surface area (Å²) in [4.78, 5) is 0. The Kier molecular flexibility index (Phi) is 6.28. The molecule has 0 saturated carbocycles. The van der Waals surface area contributed by atoms with Gasteiger partial charge in [-0.1, -0.05) is 11.3 Å². The number of aromatic nitrogens is 1. The van der Waals surface area contributed by atoms with E-state index in [9.17, 15) is 0 Å². The molecule has 0 saturated heterocycles. The molecule has 0 aliphatic rings. The van der Waals surface area contributed by atoms with Gasteiger partial charge in [0.2, 0.25) is 5.51 Å². The van der Waals surface area contributed by atoms with E-state index in [0.717, 1.165) is 25.4 Å². The number of rotatable bonds is 8. The van der Waals surface area contributed by atoms with Crippen molar-refractivity contribution in [3.63, 3.8) is 0 Å². The standard InChI is InChI=1S/C11H22NO3SSi/c1-11-9-16-10-12(11)7-5-6-8-17(13-2,14-3)15-4/h9-10H,5-8H2,1-4H3/q+1. The largest absolute Gasteiger partial charge is 0.500 e. The molecule has 1 rings (SSSR count). The third-order valence-electron chi connectivity index (χ3n) is 2.94. The molecule has 4 nitrogen and oxygen atoms in total. The second kappa shape index (κ2) is 7.23. The molecule has 1 heterocycles. The van der Waals surface area contributed by atoms with Crippen LogP contribution < -0.4 is 4.57 Å². The van der Waals surface area contributed by atoms with E-state index in [0.29, 0.717) is 0 Å². The van der Waals surface area contributed by atoms with Gasteiger partial charge in [0.05, 0.1) is 5.38 Å². The molecule has 0 radical (unpaired) electrons. The fraction of sp³-hybridized carbons (Fsp3) is 0.727. The zero-order valence-electron chi connectivity index (χ0n) is 11.1. The van der Waals surface area contributed by atoms with Gasteiger partial charge in [0, 0.05) is 40.7 Å². The maximum absolute atomic E-state index is 5.39. The minimum Gasteiger partial charge on any atom is -0.377 e. The Hall–Kier alpha value is -0.273. The van der Waals surface area contributed by atoms with E-state index >= 15 is 0 Å². The summed E-state index contributed by atoms with van der Waals surface area (Å²) < 4.78 is 18.4. The van der Waals surface area contributed by atoms with Crippen LogP contribution in [0.15, 0.2) is 10.9 Å². The molecule has 0 bridgehead atoms. The van der Waals surface area contributed by atoms with E-state index in [1.165, 1.54) is 5.69 Å². The van der Waals surface area contributed by atoms with Crippen LogP contribution in [0.4, 0.5) is 0 Å². The van der Waals surface area contributed by atoms with E-state index in [1.807, 2.05) is 0 Å². The minimum absolute atomic E-state index is 0.875. The quantitative estimate of drug-likeness (QED) is 0.413. The van der Waals surface area contributed by atoms with Crippen molar-refractivity contribution < 1.29 is 17.8 Å². The van der Waals surface area contributed by atoms with Gasteiger partial charge in [-0.3, -0.25) is 0 Å². The first kappa shape index (κ1) is 14.8. The molecule has 0 aliphatic heterocycles. The van der Waals surface area contributed by atoms with Gasteiger partial charge in [-0.25, -0.2) is 0 Å². The molecule has 98 valence electrons. The van der Waals surface area contributed by atoms with Crippen molar-refractivity contribution in [1.82, 2.24) is 0 Å². The Balaban J connectivity index is 2.30. The fourth-order valence-corrected chi connectivity index (χ4v) is 4.37. The first-order valence-electron chi connectivity index (χ1n) is 5.75. The Morgan fingerprint density at radius 1 is 1.18 bits per heavy atom. The van der Waals surface area contributed by atoms with Crippen molar-refractivity contribution in [1.29, 1.82) is 0 Å². The van der Waals surface area contributed by atoms with Crippen LogP contribution >= 0.6 is 11.3 Å². The maximum Gasteiger partial charge on any atom is 0.500 e. The first-order valence-corrected chi connectivity index (χ1v) is 8.62. The van der Waals surface area contributed by atoms with Crippen LogP contribution in [0.25, 0.3) is 0 Å². The lowest BCUT2D eigenvalue weighted by atomic mass is 10.3. The van der Waals surface area contributed by atoms with Gasteiger partial charge in [-0.2, -0.15) is 4.57 Å². The number of hydrogen-bond acceptors (Lipinski definition) is 4. The van der Waals surface area contributed by atoms with E-state index in [-0.39, 0.29) is 0 Å². The summed E-state index contributed by atoms with van der Waals surface area (Å²) in [6.07, 6.45) is 2.18. The first-order chi connectivity index (χ1) is 8.17. The number of nitrogens with zero attached hydrogens (tertiary/aromatic N) is 1. The van der Waals surface area contributed by atoms with Crippen LogP contribution in [-0.2, 0) is 19.8 Å².